The molecule has 0 fully saturated rings. The highest BCUT2D eigenvalue weighted by Crippen LogP contribution is 2.21. The quantitative estimate of drug-likeness (QED) is 0.676. The van der Waals surface area contributed by atoms with Gasteiger partial charge in [0.2, 0.25) is 6.41 Å². The summed E-state index contributed by atoms with van der Waals surface area (Å²) in [5, 5.41) is 2.37. The van der Waals surface area contributed by atoms with Crippen molar-refractivity contribution < 1.29 is 9.18 Å². The molecular weight excluding hydrogens is 323 g/mol. The minimum absolute atomic E-state index is 0.195. The summed E-state index contributed by atoms with van der Waals surface area (Å²) in [6.45, 7) is 4.33. The maximum atomic E-state index is 13.8. The van der Waals surface area contributed by atoms with Gasteiger partial charge in [0.05, 0.1) is 17.6 Å². The number of nitrogens with zero attached hydrogens (tertiary/aromatic N) is 2. The summed E-state index contributed by atoms with van der Waals surface area (Å²) in [4.78, 5) is 30.5. The maximum absolute atomic E-state index is 13.8. The monoisotopic (exact) mass is 342 g/mol. The molecule has 0 bridgehead atoms. The van der Waals surface area contributed by atoms with Crippen LogP contribution >= 0.6 is 0 Å². The molecule has 0 aliphatic carbocycles. The molecule has 130 valence electrons. The lowest BCUT2D eigenvalue weighted by atomic mass is 10.0. The van der Waals surface area contributed by atoms with Crippen LogP contribution in [0.25, 0.3) is 11.0 Å². The van der Waals surface area contributed by atoms with Gasteiger partial charge >= 0.3 is 0 Å². The number of halogens is 1. The number of rotatable bonds is 6. The fourth-order valence-electron chi connectivity index (χ4n) is 2.87. The van der Waals surface area contributed by atoms with Crippen molar-refractivity contribution in [1.82, 2.24) is 14.5 Å². The number of carbonyl (C=O) groups excluding carboxylic acids is 1. The molecule has 1 aromatic carbocycles. The Balaban J connectivity index is 1.99. The number of aromatic nitrogens is 3. The Morgan fingerprint density at radius 2 is 2.20 bits per heavy atom. The third-order valence-corrected chi connectivity index (χ3v) is 3.86. The molecule has 0 radical (unpaired) electrons. The predicted molar refractivity (Wildman–Crippen MR) is 94.1 cm³/mol. The highest BCUT2D eigenvalue weighted by Gasteiger charge is 2.12. The average Bonchev–Trinajstić information content (AvgIpc) is 2.93. The maximum Gasteiger partial charge on any atom is 0.274 e. The lowest BCUT2D eigenvalue weighted by Crippen LogP contribution is -2.23. The van der Waals surface area contributed by atoms with Crippen LogP contribution in [0.4, 0.5) is 10.1 Å². The van der Waals surface area contributed by atoms with Crippen molar-refractivity contribution >= 4 is 23.1 Å². The normalized spacial score (nSPS) is 11.2. The zero-order chi connectivity index (χ0) is 18.0. The van der Waals surface area contributed by atoms with E-state index >= 15 is 0 Å². The standard InChI is InChI=1S/C18H19FN4O2/c1-11(2)6-12-7-13(19)8-15-17(12)22-16(21-15)9-23-5-3-4-14(18(23)25)20-10-24/h3-5,7-8,10-11H,6,9H2,1-2H3,(H,20,24)(H,21,22). The van der Waals surface area contributed by atoms with Crippen molar-refractivity contribution in [2.45, 2.75) is 26.8 Å². The van der Waals surface area contributed by atoms with Gasteiger partial charge in [0.1, 0.15) is 17.3 Å². The Labute approximate surface area is 143 Å². The number of hydrogen-bond acceptors (Lipinski definition) is 3. The number of nitrogens with one attached hydrogen (secondary N) is 2. The summed E-state index contributed by atoms with van der Waals surface area (Å²) >= 11 is 0. The third-order valence-electron chi connectivity index (χ3n) is 3.86. The first-order chi connectivity index (χ1) is 12.0. The second-order valence-electron chi connectivity index (χ2n) is 6.36. The minimum Gasteiger partial charge on any atom is -0.340 e. The highest BCUT2D eigenvalue weighted by atomic mass is 19.1. The number of amides is 1. The lowest BCUT2D eigenvalue weighted by Gasteiger charge is -2.06. The van der Waals surface area contributed by atoms with Gasteiger partial charge in [-0.2, -0.15) is 0 Å². The zero-order valence-corrected chi connectivity index (χ0v) is 14.0. The molecule has 0 aliphatic heterocycles. The molecule has 3 aromatic rings. The molecule has 2 aromatic heterocycles. The van der Waals surface area contributed by atoms with Gasteiger partial charge in [-0.3, -0.25) is 9.59 Å². The number of fused-ring (bicyclic) bond motifs is 1. The Morgan fingerprint density at radius 3 is 2.92 bits per heavy atom. The Morgan fingerprint density at radius 1 is 1.40 bits per heavy atom. The molecule has 2 heterocycles. The second-order valence-corrected chi connectivity index (χ2v) is 6.36. The number of imidazole rings is 1. The molecular formula is C18H19FN4O2. The van der Waals surface area contributed by atoms with E-state index in [2.05, 4.69) is 29.1 Å². The van der Waals surface area contributed by atoms with Crippen LogP contribution in [0.1, 0.15) is 25.2 Å². The molecule has 0 saturated carbocycles. The molecule has 0 aliphatic rings. The number of carbonyl (C=O) groups is 1. The summed E-state index contributed by atoms with van der Waals surface area (Å²) in [5.41, 5.74) is 2.04. The molecule has 25 heavy (non-hydrogen) atoms. The van der Waals surface area contributed by atoms with Crippen LogP contribution in [0.2, 0.25) is 0 Å². The van der Waals surface area contributed by atoms with Crippen LogP contribution in [0.3, 0.4) is 0 Å². The van der Waals surface area contributed by atoms with E-state index in [1.54, 1.807) is 12.3 Å². The predicted octanol–water partition coefficient (Wildman–Crippen LogP) is 2.68. The van der Waals surface area contributed by atoms with Gasteiger partial charge < -0.3 is 14.9 Å². The van der Waals surface area contributed by atoms with Gasteiger partial charge in [0.25, 0.3) is 5.56 Å². The van der Waals surface area contributed by atoms with Crippen LogP contribution in [-0.2, 0) is 17.8 Å². The zero-order valence-electron chi connectivity index (χ0n) is 14.0. The van der Waals surface area contributed by atoms with Crippen molar-refractivity contribution in [3.8, 4) is 0 Å². The van der Waals surface area contributed by atoms with Crippen molar-refractivity contribution in [2.24, 2.45) is 5.92 Å². The topological polar surface area (TPSA) is 79.8 Å². The summed E-state index contributed by atoms with van der Waals surface area (Å²) < 4.78 is 15.3. The third kappa shape index (κ3) is 3.60. The SMILES string of the molecule is CC(C)Cc1cc(F)cc2[nH]c(Cn3cccc(NC=O)c3=O)nc12. The largest absolute Gasteiger partial charge is 0.340 e. The van der Waals surface area contributed by atoms with E-state index in [4.69, 9.17) is 0 Å². The number of hydrogen-bond donors (Lipinski definition) is 2. The van der Waals surface area contributed by atoms with Gasteiger partial charge in [-0.15, -0.1) is 0 Å². The summed E-state index contributed by atoms with van der Waals surface area (Å²) in [5.74, 6) is 0.613. The molecule has 6 nitrogen and oxygen atoms in total. The Kier molecular flexibility index (Phi) is 4.65. The first-order valence-electron chi connectivity index (χ1n) is 8.04. The van der Waals surface area contributed by atoms with Crippen LogP contribution in [-0.4, -0.2) is 20.9 Å². The van der Waals surface area contributed by atoms with Gasteiger partial charge in [-0.1, -0.05) is 13.8 Å². The van der Waals surface area contributed by atoms with Gasteiger partial charge in [0.15, 0.2) is 0 Å². The first kappa shape index (κ1) is 16.9. The van der Waals surface area contributed by atoms with E-state index in [0.29, 0.717) is 23.7 Å². The van der Waals surface area contributed by atoms with Crippen molar-refractivity contribution in [1.29, 1.82) is 0 Å². The molecule has 0 spiro atoms. The van der Waals surface area contributed by atoms with E-state index in [9.17, 15) is 14.0 Å². The molecule has 0 saturated heterocycles. The summed E-state index contributed by atoms with van der Waals surface area (Å²) in [6.07, 6.45) is 2.79. The number of aromatic amines is 1. The fourth-order valence-corrected chi connectivity index (χ4v) is 2.87. The Bertz CT molecular complexity index is 975. The first-order valence-corrected chi connectivity index (χ1v) is 8.04. The van der Waals surface area contributed by atoms with E-state index in [-0.39, 0.29) is 23.6 Å². The Hall–Kier alpha value is -2.96. The van der Waals surface area contributed by atoms with Crippen molar-refractivity contribution in [3.63, 3.8) is 0 Å². The fraction of sp³-hybridized carbons (Fsp3) is 0.278. The van der Waals surface area contributed by atoms with Gasteiger partial charge in [0, 0.05) is 6.20 Å². The minimum atomic E-state index is -0.330. The second kappa shape index (κ2) is 6.88. The molecule has 1 amide bonds. The molecule has 3 rings (SSSR count). The van der Waals surface area contributed by atoms with Crippen LogP contribution in [0.5, 0.6) is 0 Å². The van der Waals surface area contributed by atoms with Crippen LogP contribution in [0, 0.1) is 11.7 Å². The van der Waals surface area contributed by atoms with Crippen molar-refractivity contribution in [2.75, 3.05) is 5.32 Å². The van der Waals surface area contributed by atoms with Gasteiger partial charge in [-0.05, 0) is 42.2 Å². The van der Waals surface area contributed by atoms with Crippen molar-refractivity contribution in [3.05, 3.63) is 58.0 Å². The van der Waals surface area contributed by atoms with E-state index < -0.39 is 0 Å². The smallest absolute Gasteiger partial charge is 0.274 e. The average molecular weight is 342 g/mol. The van der Waals surface area contributed by atoms with Crippen LogP contribution in [0.15, 0.2) is 35.3 Å². The summed E-state index contributed by atoms with van der Waals surface area (Å²) in [6, 6.07) is 6.11. The molecule has 0 atom stereocenters. The van der Waals surface area contributed by atoms with E-state index in [1.165, 1.54) is 22.8 Å². The number of anilines is 1. The highest BCUT2D eigenvalue weighted by molar-refractivity contribution is 5.79. The molecule has 7 heteroatoms. The number of pyridine rings is 1. The number of H-pyrrole nitrogens is 1. The molecule has 2 N–H and O–H groups in total. The van der Waals surface area contributed by atoms with E-state index in [0.717, 1.165) is 17.5 Å². The van der Waals surface area contributed by atoms with E-state index in [1.807, 2.05) is 0 Å². The number of benzene rings is 1. The van der Waals surface area contributed by atoms with Crippen LogP contribution < -0.4 is 10.9 Å². The molecule has 0 unspecified atom stereocenters. The summed E-state index contributed by atoms with van der Waals surface area (Å²) in [7, 11) is 0. The lowest BCUT2D eigenvalue weighted by molar-refractivity contribution is -0.105. The van der Waals surface area contributed by atoms with Gasteiger partial charge in [-0.25, -0.2) is 9.37 Å².